The molecule has 0 aliphatic carbocycles. The van der Waals surface area contributed by atoms with E-state index in [0.29, 0.717) is 11.5 Å². The Morgan fingerprint density at radius 3 is 2.55 bits per heavy atom. The van der Waals surface area contributed by atoms with Gasteiger partial charge in [0.25, 0.3) is 0 Å². The van der Waals surface area contributed by atoms with Crippen LogP contribution in [-0.2, 0) is 0 Å². The number of anilines is 2. The van der Waals surface area contributed by atoms with Crippen molar-refractivity contribution in [3.63, 3.8) is 0 Å². The molecule has 0 aliphatic heterocycles. The van der Waals surface area contributed by atoms with E-state index in [2.05, 4.69) is 31.2 Å². The first-order valence-corrected chi connectivity index (χ1v) is 7.98. The number of carbonyl (C=O) groups excluding carboxylic acids is 1. The van der Waals surface area contributed by atoms with Crippen LogP contribution in [0.4, 0.5) is 11.6 Å². The van der Waals surface area contributed by atoms with Crippen molar-refractivity contribution in [1.29, 1.82) is 0 Å². The van der Waals surface area contributed by atoms with Crippen LogP contribution in [-0.4, -0.2) is 15.9 Å². The zero-order valence-corrected chi connectivity index (χ0v) is 13.7. The molecule has 0 saturated carbocycles. The van der Waals surface area contributed by atoms with Crippen LogP contribution in [0.5, 0.6) is 0 Å². The first-order chi connectivity index (χ1) is 10.6. The first kappa shape index (κ1) is 14.7. The lowest BCUT2D eigenvalue weighted by Gasteiger charge is -2.06. The Kier molecular flexibility index (Phi) is 4.17. The molecule has 1 aromatic carbocycles. The lowest BCUT2D eigenvalue weighted by Crippen LogP contribution is -2.10. The number of primary amides is 1. The van der Waals surface area contributed by atoms with Gasteiger partial charge >= 0.3 is 0 Å². The van der Waals surface area contributed by atoms with Crippen molar-refractivity contribution in [2.75, 3.05) is 5.32 Å². The van der Waals surface area contributed by atoms with E-state index < -0.39 is 5.91 Å². The Morgan fingerprint density at radius 1 is 1.14 bits per heavy atom. The van der Waals surface area contributed by atoms with Crippen LogP contribution in [0, 0.1) is 0 Å². The van der Waals surface area contributed by atoms with Crippen LogP contribution in [0.25, 0.3) is 10.6 Å². The van der Waals surface area contributed by atoms with Gasteiger partial charge in [-0.25, -0.2) is 9.97 Å². The fourth-order valence-electron chi connectivity index (χ4n) is 1.86. The Labute approximate surface area is 139 Å². The lowest BCUT2D eigenvalue weighted by molar-refractivity contribution is 0.100. The zero-order chi connectivity index (χ0) is 15.5. The molecule has 3 aromatic rings. The normalized spacial score (nSPS) is 10.4. The van der Waals surface area contributed by atoms with E-state index in [0.717, 1.165) is 20.0 Å². The molecule has 3 N–H and O–H groups in total. The van der Waals surface area contributed by atoms with Crippen LogP contribution in [0.2, 0.25) is 0 Å². The van der Waals surface area contributed by atoms with E-state index in [-0.39, 0.29) is 0 Å². The minimum atomic E-state index is -0.451. The van der Waals surface area contributed by atoms with E-state index in [1.807, 2.05) is 18.2 Å². The predicted molar refractivity (Wildman–Crippen MR) is 91.3 cm³/mol. The number of amides is 1. The van der Waals surface area contributed by atoms with Gasteiger partial charge in [-0.05, 0) is 58.4 Å². The number of nitrogens with zero attached hydrogens (tertiary/aromatic N) is 2. The van der Waals surface area contributed by atoms with Crippen molar-refractivity contribution in [2.24, 2.45) is 5.73 Å². The van der Waals surface area contributed by atoms with Gasteiger partial charge in [-0.15, -0.1) is 11.3 Å². The van der Waals surface area contributed by atoms with Crippen molar-refractivity contribution in [2.45, 2.75) is 0 Å². The second-order valence-corrected chi connectivity index (χ2v) is 6.90. The van der Waals surface area contributed by atoms with Gasteiger partial charge in [0.15, 0.2) is 0 Å². The molecule has 0 spiro atoms. The molecule has 2 heterocycles. The number of thiophene rings is 1. The van der Waals surface area contributed by atoms with Crippen molar-refractivity contribution in [1.82, 2.24) is 9.97 Å². The van der Waals surface area contributed by atoms with Crippen molar-refractivity contribution in [3.8, 4) is 10.6 Å². The number of hydrogen-bond donors (Lipinski definition) is 2. The van der Waals surface area contributed by atoms with E-state index in [1.54, 1.807) is 41.8 Å². The van der Waals surface area contributed by atoms with E-state index in [4.69, 9.17) is 5.73 Å². The molecule has 0 bridgehead atoms. The van der Waals surface area contributed by atoms with E-state index in [9.17, 15) is 4.79 Å². The highest BCUT2D eigenvalue weighted by atomic mass is 79.9. The highest BCUT2D eigenvalue weighted by Crippen LogP contribution is 2.30. The van der Waals surface area contributed by atoms with Crippen molar-refractivity contribution in [3.05, 3.63) is 58.0 Å². The second-order valence-electron chi connectivity index (χ2n) is 4.44. The molecule has 5 nitrogen and oxygen atoms in total. The Hall–Kier alpha value is -2.25. The number of aromatic nitrogens is 2. The summed E-state index contributed by atoms with van der Waals surface area (Å²) in [5, 5.41) is 3.11. The summed E-state index contributed by atoms with van der Waals surface area (Å²) in [5.41, 5.74) is 7.31. The quantitative estimate of drug-likeness (QED) is 0.727. The maximum absolute atomic E-state index is 11.0. The molecule has 1 amide bonds. The fraction of sp³-hybridized carbons (Fsp3) is 0. The minimum absolute atomic E-state index is 0.451. The first-order valence-electron chi connectivity index (χ1n) is 6.37. The predicted octanol–water partition coefficient (Wildman–Crippen LogP) is 3.81. The minimum Gasteiger partial charge on any atom is -0.366 e. The summed E-state index contributed by atoms with van der Waals surface area (Å²) in [6.45, 7) is 0. The lowest BCUT2D eigenvalue weighted by atomic mass is 10.2. The highest BCUT2D eigenvalue weighted by molar-refractivity contribution is 9.11. The number of rotatable bonds is 4. The summed E-state index contributed by atoms with van der Waals surface area (Å²) >= 11 is 5.05. The summed E-state index contributed by atoms with van der Waals surface area (Å²) in [7, 11) is 0. The molecule has 7 heteroatoms. The number of carbonyl (C=O) groups is 1. The van der Waals surface area contributed by atoms with Gasteiger partial charge in [-0.1, -0.05) is 0 Å². The number of nitrogens with two attached hydrogens (primary N) is 1. The molecule has 0 unspecified atom stereocenters. The van der Waals surface area contributed by atoms with Crippen LogP contribution in [0.1, 0.15) is 10.4 Å². The highest BCUT2D eigenvalue weighted by Gasteiger charge is 2.06. The zero-order valence-electron chi connectivity index (χ0n) is 11.3. The summed E-state index contributed by atoms with van der Waals surface area (Å²) < 4.78 is 1.05. The van der Waals surface area contributed by atoms with E-state index >= 15 is 0 Å². The molecule has 2 aromatic heterocycles. The van der Waals surface area contributed by atoms with Crippen LogP contribution >= 0.6 is 27.3 Å². The van der Waals surface area contributed by atoms with Crippen LogP contribution in [0.3, 0.4) is 0 Å². The molecular weight excluding hydrogens is 364 g/mol. The van der Waals surface area contributed by atoms with Gasteiger partial charge in [-0.2, -0.15) is 0 Å². The maximum atomic E-state index is 11.0. The topological polar surface area (TPSA) is 80.9 Å². The third kappa shape index (κ3) is 3.32. The van der Waals surface area contributed by atoms with Gasteiger partial charge in [0.1, 0.15) is 0 Å². The van der Waals surface area contributed by atoms with Gasteiger partial charge in [-0.3, -0.25) is 4.79 Å². The summed E-state index contributed by atoms with van der Waals surface area (Å²) in [6.07, 6.45) is 1.70. The third-order valence-corrected chi connectivity index (χ3v) is 4.55. The molecule has 0 saturated heterocycles. The fourth-order valence-corrected chi connectivity index (χ4v) is 3.21. The summed E-state index contributed by atoms with van der Waals surface area (Å²) in [4.78, 5) is 20.8. The molecule has 3 rings (SSSR count). The van der Waals surface area contributed by atoms with Gasteiger partial charge in [0.2, 0.25) is 11.9 Å². The Balaban J connectivity index is 1.82. The third-order valence-electron chi connectivity index (χ3n) is 2.91. The Morgan fingerprint density at radius 2 is 1.91 bits per heavy atom. The summed E-state index contributed by atoms with van der Waals surface area (Å²) in [5.74, 6) is 0.0434. The monoisotopic (exact) mass is 374 g/mol. The maximum Gasteiger partial charge on any atom is 0.248 e. The number of halogens is 1. The number of nitrogens with one attached hydrogen (secondary N) is 1. The standard InChI is InChI=1S/C15H11BrN4OS/c16-13-6-5-12(22-13)11-7-8-18-15(20-11)19-10-3-1-9(2-4-10)14(17)21/h1-8H,(H2,17,21)(H,18,19,20). The van der Waals surface area contributed by atoms with Crippen molar-refractivity contribution < 1.29 is 4.79 Å². The molecule has 110 valence electrons. The van der Waals surface area contributed by atoms with E-state index in [1.165, 1.54) is 0 Å². The molecule has 0 fully saturated rings. The van der Waals surface area contributed by atoms with Crippen LogP contribution in [0.15, 0.2) is 52.4 Å². The van der Waals surface area contributed by atoms with Crippen LogP contribution < -0.4 is 11.1 Å². The smallest absolute Gasteiger partial charge is 0.248 e. The largest absolute Gasteiger partial charge is 0.366 e. The number of benzene rings is 1. The van der Waals surface area contributed by atoms with Gasteiger partial charge in [0.05, 0.1) is 14.4 Å². The molecule has 22 heavy (non-hydrogen) atoms. The average Bonchev–Trinajstić information content (AvgIpc) is 2.95. The SMILES string of the molecule is NC(=O)c1ccc(Nc2nccc(-c3ccc(Br)s3)n2)cc1. The van der Waals surface area contributed by atoms with Gasteiger partial charge in [0, 0.05) is 17.4 Å². The van der Waals surface area contributed by atoms with Crippen molar-refractivity contribution >= 4 is 44.8 Å². The number of hydrogen-bond acceptors (Lipinski definition) is 5. The molecule has 0 aliphatic rings. The molecule has 0 atom stereocenters. The molecule has 0 radical (unpaired) electrons. The molecular formula is C15H11BrN4OS. The second kappa shape index (κ2) is 6.25. The van der Waals surface area contributed by atoms with Gasteiger partial charge < -0.3 is 11.1 Å². The average molecular weight is 375 g/mol. The Bertz CT molecular complexity index is 816. The summed E-state index contributed by atoms with van der Waals surface area (Å²) in [6, 6.07) is 12.7.